The van der Waals surface area contributed by atoms with Gasteiger partial charge in [-0.1, -0.05) is 38.1 Å². The average molecular weight is 1010 g/mol. The SMILES string of the molecule is COc1ccccc1Oc1c(NS(=O)(=O)c2ccc(C(C)(C)COC(=O)CCCC(CO[N+](=O)[O-])O[N+](=O)[O-])cc2)nc(-c2ncccn2)nc1OCCOC(=O)CCCC(CO[N+](=O)[O-])O[N+](=O)[O-]. The average Bonchev–Trinajstić information content (AvgIpc) is 3.31. The van der Waals surface area contributed by atoms with Crippen molar-refractivity contribution in [2.24, 2.45) is 0 Å². The Morgan fingerprint density at radius 1 is 0.714 bits per heavy atom. The van der Waals surface area contributed by atoms with E-state index in [1.165, 1.54) is 55.9 Å². The maximum absolute atomic E-state index is 14.1. The third-order valence-electron chi connectivity index (χ3n) is 9.25. The summed E-state index contributed by atoms with van der Waals surface area (Å²) in [6.45, 7) is 1.02. The molecule has 0 spiro atoms. The lowest BCUT2D eigenvalue weighted by atomic mass is 9.86. The first-order valence-corrected chi connectivity index (χ1v) is 22.0. The largest absolute Gasteiger partial charge is 0.493 e. The molecule has 0 aliphatic heterocycles. The van der Waals surface area contributed by atoms with Crippen molar-refractivity contribution in [2.75, 3.05) is 44.9 Å². The summed E-state index contributed by atoms with van der Waals surface area (Å²) in [5, 5.41) is 37.9. The quantitative estimate of drug-likeness (QED) is 0.0310. The standard InChI is InChI=1S/C39H45N9O21S/c1-39(2,25-64-33(50)14-7-10-28(69-48(57)58)24-66-46(53)54)26-15-17-29(18-16-26)70(59,60)44-35-34(67-31-12-5-4-11-30(31)61-3)38(43-37(42-35)36-40-19-8-20-41-36)63-22-21-62-32(49)13-6-9-27(68-47(55)56)23-65-45(51)52/h4-5,8,11-12,15-20,27-28H,6-7,9-10,13-14,21-25H2,1-3H3,(H,42,43,44). The second-order valence-corrected chi connectivity index (χ2v) is 16.5. The molecule has 31 heteroatoms. The molecule has 2 aromatic carbocycles. The zero-order valence-corrected chi connectivity index (χ0v) is 38.2. The van der Waals surface area contributed by atoms with Gasteiger partial charge >= 0.3 is 11.9 Å². The smallest absolute Gasteiger partial charge is 0.305 e. The topological polar surface area (TPSA) is 388 Å². The number of ether oxygens (including phenoxy) is 5. The second-order valence-electron chi connectivity index (χ2n) is 14.8. The van der Waals surface area contributed by atoms with Crippen LogP contribution in [0.15, 0.2) is 71.9 Å². The molecule has 30 nitrogen and oxygen atoms in total. The first-order valence-electron chi connectivity index (χ1n) is 20.5. The summed E-state index contributed by atoms with van der Waals surface area (Å²) < 4.78 is 58.8. The van der Waals surface area contributed by atoms with Gasteiger partial charge in [0, 0.05) is 30.7 Å². The van der Waals surface area contributed by atoms with Gasteiger partial charge in [0.05, 0.1) is 12.0 Å². The minimum Gasteiger partial charge on any atom is -0.493 e. The lowest BCUT2D eigenvalue weighted by molar-refractivity contribution is -0.790. The highest BCUT2D eigenvalue weighted by Gasteiger charge is 2.28. The number of nitrogens with zero attached hydrogens (tertiary/aromatic N) is 8. The molecule has 378 valence electrons. The van der Waals surface area contributed by atoms with Crippen LogP contribution >= 0.6 is 0 Å². The molecule has 0 bridgehead atoms. The summed E-state index contributed by atoms with van der Waals surface area (Å²) in [6.07, 6.45) is -0.648. The molecule has 1 N–H and O–H groups in total. The number of esters is 2. The van der Waals surface area contributed by atoms with Gasteiger partial charge in [0.25, 0.3) is 36.2 Å². The highest BCUT2D eigenvalue weighted by Crippen LogP contribution is 2.41. The summed E-state index contributed by atoms with van der Waals surface area (Å²) in [4.78, 5) is 101. The fraction of sp³-hybridized carbons (Fsp3) is 0.436. The Morgan fingerprint density at radius 2 is 1.27 bits per heavy atom. The summed E-state index contributed by atoms with van der Waals surface area (Å²) in [5.41, 5.74) is -0.323. The first-order chi connectivity index (χ1) is 33.3. The lowest BCUT2D eigenvalue weighted by Gasteiger charge is -2.25. The Morgan fingerprint density at radius 3 is 1.81 bits per heavy atom. The maximum atomic E-state index is 14.1. The van der Waals surface area contributed by atoms with Gasteiger partial charge in [0.15, 0.2) is 23.1 Å². The van der Waals surface area contributed by atoms with E-state index in [9.17, 15) is 58.5 Å². The third kappa shape index (κ3) is 17.9. The summed E-state index contributed by atoms with van der Waals surface area (Å²) in [6, 6.07) is 13.4. The molecule has 0 saturated carbocycles. The first kappa shape index (κ1) is 54.1. The van der Waals surface area contributed by atoms with E-state index in [-0.39, 0.29) is 84.8 Å². The molecule has 4 rings (SSSR count). The van der Waals surface area contributed by atoms with Crippen LogP contribution in [0.5, 0.6) is 23.1 Å². The zero-order chi connectivity index (χ0) is 51.3. The lowest BCUT2D eigenvalue weighted by Crippen LogP contribution is -2.27. The van der Waals surface area contributed by atoms with Crippen molar-refractivity contribution in [3.8, 4) is 34.8 Å². The number of hydrogen-bond acceptors (Lipinski definition) is 25. The molecule has 2 aromatic heterocycles. The van der Waals surface area contributed by atoms with Crippen LogP contribution in [0.4, 0.5) is 5.82 Å². The molecule has 2 unspecified atom stereocenters. The molecule has 2 heterocycles. The minimum absolute atomic E-state index is 0.0184. The molecule has 0 radical (unpaired) electrons. The van der Waals surface area contributed by atoms with Crippen molar-refractivity contribution < 1.29 is 81.4 Å². The fourth-order valence-electron chi connectivity index (χ4n) is 5.88. The molecule has 70 heavy (non-hydrogen) atoms. The van der Waals surface area contributed by atoms with Gasteiger partial charge in [0.1, 0.15) is 45.2 Å². The molecule has 4 aromatic rings. The number of rotatable bonds is 32. The van der Waals surface area contributed by atoms with Crippen molar-refractivity contribution >= 4 is 27.8 Å². The highest BCUT2D eigenvalue weighted by molar-refractivity contribution is 7.92. The second kappa shape index (κ2) is 26.1. The zero-order valence-electron chi connectivity index (χ0n) is 37.3. The van der Waals surface area contributed by atoms with E-state index < -0.39 is 92.2 Å². The van der Waals surface area contributed by atoms with E-state index in [1.54, 1.807) is 32.0 Å². The Kier molecular flexibility index (Phi) is 20.2. The molecular weight excluding hydrogens is 963 g/mol. The number of anilines is 1. The van der Waals surface area contributed by atoms with Crippen LogP contribution in [0.25, 0.3) is 11.6 Å². The number of nitrogens with one attached hydrogen (secondary N) is 1. The van der Waals surface area contributed by atoms with Crippen molar-refractivity contribution in [2.45, 2.75) is 74.9 Å². The van der Waals surface area contributed by atoms with Gasteiger partial charge in [-0.3, -0.25) is 14.3 Å². The van der Waals surface area contributed by atoms with Gasteiger partial charge in [-0.05, 0) is 61.6 Å². The maximum Gasteiger partial charge on any atom is 0.305 e. The van der Waals surface area contributed by atoms with E-state index in [1.807, 2.05) is 0 Å². The number of sulfonamides is 1. The number of carbonyl (C=O) groups excluding carboxylic acids is 2. The van der Waals surface area contributed by atoms with Crippen molar-refractivity contribution in [1.82, 2.24) is 19.9 Å². The van der Waals surface area contributed by atoms with Gasteiger partial charge in [-0.25, -0.2) is 23.4 Å². The Hall–Kier alpha value is -8.51. The molecule has 0 saturated heterocycles. The Bertz CT molecular complexity index is 2540. The molecule has 0 aliphatic carbocycles. The van der Waals surface area contributed by atoms with Crippen LogP contribution in [0, 0.1) is 40.5 Å². The molecule has 0 amide bonds. The molecular formula is C39H45N9O21S. The molecule has 0 aliphatic rings. The third-order valence-corrected chi connectivity index (χ3v) is 10.6. The van der Waals surface area contributed by atoms with E-state index in [0.29, 0.717) is 5.56 Å². The van der Waals surface area contributed by atoms with Crippen LogP contribution in [-0.4, -0.2) is 113 Å². The van der Waals surface area contributed by atoms with Gasteiger partial charge in [0.2, 0.25) is 11.6 Å². The monoisotopic (exact) mass is 1010 g/mol. The number of para-hydroxylation sites is 2. The minimum atomic E-state index is -4.54. The number of hydrogen-bond donors (Lipinski definition) is 1. The van der Waals surface area contributed by atoms with Crippen LogP contribution in [0.1, 0.15) is 57.9 Å². The summed E-state index contributed by atoms with van der Waals surface area (Å²) >= 11 is 0. The van der Waals surface area contributed by atoms with Gasteiger partial charge in [-0.15, -0.1) is 40.5 Å². The molecule has 2 atom stereocenters. The van der Waals surface area contributed by atoms with Gasteiger partial charge < -0.3 is 43.0 Å². The fourth-order valence-corrected chi connectivity index (χ4v) is 6.89. The summed E-state index contributed by atoms with van der Waals surface area (Å²) in [5.74, 6) is -2.67. The number of methoxy groups -OCH3 is 1. The number of benzene rings is 2. The van der Waals surface area contributed by atoms with Crippen molar-refractivity contribution in [3.63, 3.8) is 0 Å². The Balaban J connectivity index is 1.52. The van der Waals surface area contributed by atoms with Crippen LogP contribution in [0.2, 0.25) is 0 Å². The normalized spacial score (nSPS) is 12.0. The highest BCUT2D eigenvalue weighted by atomic mass is 32.2. The van der Waals surface area contributed by atoms with E-state index in [0.717, 1.165) is 0 Å². The predicted octanol–water partition coefficient (Wildman–Crippen LogP) is 4.19. The predicted molar refractivity (Wildman–Crippen MR) is 231 cm³/mol. The summed E-state index contributed by atoms with van der Waals surface area (Å²) in [7, 11) is -3.17. The van der Waals surface area contributed by atoms with Crippen LogP contribution in [0.3, 0.4) is 0 Å². The number of aromatic nitrogens is 4. The Labute approximate surface area is 395 Å². The van der Waals surface area contributed by atoms with Crippen molar-refractivity contribution in [3.05, 3.63) is 113 Å². The van der Waals surface area contributed by atoms with Gasteiger partial charge in [-0.2, -0.15) is 4.98 Å². The van der Waals surface area contributed by atoms with E-state index >= 15 is 0 Å². The van der Waals surface area contributed by atoms with Crippen molar-refractivity contribution in [1.29, 1.82) is 0 Å². The van der Waals surface area contributed by atoms with Crippen LogP contribution in [-0.2, 0) is 53.9 Å². The molecule has 0 fully saturated rings. The van der Waals surface area contributed by atoms with Crippen LogP contribution < -0.4 is 18.9 Å². The number of carbonyl (C=O) groups is 2. The van der Waals surface area contributed by atoms with E-state index in [2.05, 4.69) is 44.0 Å². The van der Waals surface area contributed by atoms with E-state index in [4.69, 9.17) is 23.7 Å².